The lowest BCUT2D eigenvalue weighted by Gasteiger charge is -2.41. The van der Waals surface area contributed by atoms with Gasteiger partial charge < -0.3 is 24.5 Å². The summed E-state index contributed by atoms with van der Waals surface area (Å²) in [5, 5.41) is 19.4. The maximum atomic E-state index is 15.1. The summed E-state index contributed by atoms with van der Waals surface area (Å²) in [6.07, 6.45) is 5.53. The fourth-order valence-electron chi connectivity index (χ4n) is 8.60. The minimum absolute atomic E-state index is 0.0727. The van der Waals surface area contributed by atoms with Crippen molar-refractivity contribution in [2.24, 2.45) is 17.8 Å². The van der Waals surface area contributed by atoms with Crippen molar-refractivity contribution in [1.82, 2.24) is 29.7 Å². The number of aliphatic hydroxyl groups excluding tert-OH is 1. The van der Waals surface area contributed by atoms with Crippen molar-refractivity contribution in [3.8, 4) is 0 Å². The Morgan fingerprint density at radius 1 is 1.04 bits per heavy atom. The second kappa shape index (κ2) is 13.9. The molecular weight excluding hydrogens is 620 g/mol. The highest BCUT2D eigenvalue weighted by atomic mass is 16.5. The van der Waals surface area contributed by atoms with Gasteiger partial charge in [-0.1, -0.05) is 87.0 Å². The molecule has 3 amide bonds. The van der Waals surface area contributed by atoms with Crippen LogP contribution in [0.4, 0.5) is 0 Å². The summed E-state index contributed by atoms with van der Waals surface area (Å²) in [5.74, 6) is -2.63. The molecule has 0 saturated carbocycles. The number of likely N-dealkylation sites (tertiary alicyclic amines) is 1. The number of para-hydroxylation sites is 1. The quantitative estimate of drug-likeness (QED) is 0.241. The first-order valence-corrected chi connectivity index (χ1v) is 17.4. The summed E-state index contributed by atoms with van der Waals surface area (Å²) in [6.45, 7) is 14.4. The highest BCUT2D eigenvalue weighted by Gasteiger charge is 2.79. The van der Waals surface area contributed by atoms with Crippen LogP contribution in [0.5, 0.6) is 0 Å². The fraction of sp³-hybridized carbons (Fsp3) is 0.500. The van der Waals surface area contributed by atoms with Crippen molar-refractivity contribution < 1.29 is 24.2 Å². The van der Waals surface area contributed by atoms with Gasteiger partial charge >= 0.3 is 0 Å². The lowest BCUT2D eigenvalue weighted by molar-refractivity contribution is -0.160. The van der Waals surface area contributed by atoms with Crippen molar-refractivity contribution in [3.63, 3.8) is 0 Å². The Morgan fingerprint density at radius 3 is 2.41 bits per heavy atom. The maximum Gasteiger partial charge on any atom is 0.250 e. The van der Waals surface area contributed by atoms with Gasteiger partial charge in [-0.3, -0.25) is 14.4 Å². The van der Waals surface area contributed by atoms with Crippen molar-refractivity contribution in [3.05, 3.63) is 85.5 Å². The molecule has 3 aromatic rings. The first-order valence-electron chi connectivity index (χ1n) is 17.4. The third-order valence-corrected chi connectivity index (χ3v) is 11.2. The number of benzene rings is 2. The molecule has 7 atom stereocenters. The van der Waals surface area contributed by atoms with E-state index in [2.05, 4.69) is 23.5 Å². The molecule has 2 aromatic carbocycles. The first-order chi connectivity index (χ1) is 23.7. The molecule has 2 bridgehead atoms. The summed E-state index contributed by atoms with van der Waals surface area (Å²) in [7, 11) is 0. The van der Waals surface area contributed by atoms with Crippen LogP contribution < -0.4 is 0 Å². The van der Waals surface area contributed by atoms with Gasteiger partial charge in [-0.25, -0.2) is 4.68 Å². The van der Waals surface area contributed by atoms with E-state index in [0.717, 1.165) is 11.1 Å². The SMILES string of the molecule is C=CCN(Cn1nnc2ccccc21)C(=O)C1N([C@@H](CO)[C@@H](C)CC)C(=O)[C@@H]2[C@H](C(=O)N(CC=C)Cc3ccccc3)[C@]3(CC)CCC12O3. The van der Waals surface area contributed by atoms with Crippen LogP contribution in [0.25, 0.3) is 11.0 Å². The van der Waals surface area contributed by atoms with Crippen molar-refractivity contribution in [2.75, 3.05) is 19.7 Å². The first kappa shape index (κ1) is 34.5. The fourth-order valence-corrected chi connectivity index (χ4v) is 8.60. The second-order valence-corrected chi connectivity index (χ2v) is 13.8. The number of carbonyl (C=O) groups is 3. The Balaban J connectivity index is 1.44. The summed E-state index contributed by atoms with van der Waals surface area (Å²) in [4.78, 5) is 49.9. The van der Waals surface area contributed by atoms with Crippen LogP contribution in [0.3, 0.4) is 0 Å². The zero-order chi connectivity index (χ0) is 34.9. The number of amides is 3. The summed E-state index contributed by atoms with van der Waals surface area (Å²) < 4.78 is 8.75. The van der Waals surface area contributed by atoms with Crippen LogP contribution in [-0.4, -0.2) is 95.5 Å². The standard InChI is InChI=1S/C38H48N6O5/c1-6-21-41(23-27-15-11-10-12-16-27)34(46)31-32-35(47)44(30(24-45)26(5)8-3)33(38(32)20-19-37(31,9-4)49-38)36(48)42(22-7-2)25-43-29-18-14-13-17-28(29)39-40-43/h6-7,10-18,26,30-33,45H,1-2,8-9,19-25H2,3-5H3/t26-,30-,31+,32-,33?,37-,38?/m0/s1. The molecule has 1 N–H and O–H groups in total. The number of hydrogen-bond acceptors (Lipinski definition) is 7. The number of rotatable bonds is 15. The zero-order valence-corrected chi connectivity index (χ0v) is 28.8. The van der Waals surface area contributed by atoms with E-state index in [1.807, 2.05) is 75.4 Å². The van der Waals surface area contributed by atoms with E-state index in [1.54, 1.807) is 31.5 Å². The molecule has 3 fully saturated rings. The lowest BCUT2D eigenvalue weighted by atomic mass is 9.64. The van der Waals surface area contributed by atoms with Crippen molar-refractivity contribution in [2.45, 2.75) is 83.0 Å². The summed E-state index contributed by atoms with van der Waals surface area (Å²) in [5.41, 5.74) is 0.274. The predicted octanol–water partition coefficient (Wildman–Crippen LogP) is 4.18. The Labute approximate surface area is 288 Å². The average molecular weight is 669 g/mol. The largest absolute Gasteiger partial charge is 0.394 e. The van der Waals surface area contributed by atoms with Gasteiger partial charge in [-0.2, -0.15) is 0 Å². The van der Waals surface area contributed by atoms with Crippen LogP contribution in [0.2, 0.25) is 0 Å². The van der Waals surface area contributed by atoms with Gasteiger partial charge in [0.1, 0.15) is 23.8 Å². The topological polar surface area (TPSA) is 121 Å². The van der Waals surface area contributed by atoms with Crippen LogP contribution in [0.15, 0.2) is 79.9 Å². The Kier molecular flexibility index (Phi) is 9.77. The van der Waals surface area contributed by atoms with E-state index in [0.29, 0.717) is 44.3 Å². The van der Waals surface area contributed by atoms with Gasteiger partial charge in [0, 0.05) is 19.6 Å². The number of aliphatic hydroxyl groups is 1. The average Bonchev–Trinajstić information content (AvgIpc) is 3.85. The van der Waals surface area contributed by atoms with Gasteiger partial charge in [-0.05, 0) is 42.9 Å². The highest BCUT2D eigenvalue weighted by molar-refractivity contribution is 5.99. The van der Waals surface area contributed by atoms with Gasteiger partial charge in [0.25, 0.3) is 0 Å². The van der Waals surface area contributed by atoms with Gasteiger partial charge in [0.15, 0.2) is 0 Å². The number of aromatic nitrogens is 3. The predicted molar refractivity (Wildman–Crippen MR) is 186 cm³/mol. The maximum absolute atomic E-state index is 15.1. The molecule has 1 spiro atoms. The molecule has 49 heavy (non-hydrogen) atoms. The van der Waals surface area contributed by atoms with E-state index in [9.17, 15) is 9.90 Å². The van der Waals surface area contributed by atoms with Crippen LogP contribution in [0.1, 0.15) is 52.0 Å². The molecule has 6 rings (SSSR count). The molecule has 0 aliphatic carbocycles. The normalized spacial score (nSPS) is 26.8. The molecule has 260 valence electrons. The zero-order valence-electron chi connectivity index (χ0n) is 28.8. The van der Waals surface area contributed by atoms with E-state index in [4.69, 9.17) is 4.74 Å². The molecule has 11 heteroatoms. The number of carbonyl (C=O) groups excluding carboxylic acids is 3. The Bertz CT molecular complexity index is 1710. The Morgan fingerprint density at radius 2 is 1.73 bits per heavy atom. The molecule has 2 unspecified atom stereocenters. The van der Waals surface area contributed by atoms with Crippen molar-refractivity contribution in [1.29, 1.82) is 0 Å². The van der Waals surface area contributed by atoms with Gasteiger partial charge in [0.2, 0.25) is 17.7 Å². The highest BCUT2D eigenvalue weighted by Crippen LogP contribution is 2.65. The van der Waals surface area contributed by atoms with Gasteiger partial charge in [-0.15, -0.1) is 18.3 Å². The smallest absolute Gasteiger partial charge is 0.250 e. The monoisotopic (exact) mass is 668 g/mol. The van der Waals surface area contributed by atoms with Crippen LogP contribution in [0, 0.1) is 17.8 Å². The summed E-state index contributed by atoms with van der Waals surface area (Å²) >= 11 is 0. The number of ether oxygens (including phenoxy) is 1. The minimum Gasteiger partial charge on any atom is -0.394 e. The van der Waals surface area contributed by atoms with E-state index in [1.165, 1.54) is 0 Å². The number of fused-ring (bicyclic) bond motifs is 2. The number of nitrogens with zero attached hydrogens (tertiary/aromatic N) is 6. The molecular formula is C38H48N6O5. The molecule has 0 radical (unpaired) electrons. The molecule has 11 nitrogen and oxygen atoms in total. The van der Waals surface area contributed by atoms with Gasteiger partial charge in [0.05, 0.1) is 35.6 Å². The lowest BCUT2D eigenvalue weighted by Crippen LogP contribution is -2.60. The molecule has 1 aromatic heterocycles. The molecule has 4 heterocycles. The molecule has 3 aliphatic heterocycles. The van der Waals surface area contributed by atoms with Crippen molar-refractivity contribution >= 4 is 28.8 Å². The third-order valence-electron chi connectivity index (χ3n) is 11.2. The Hall–Kier alpha value is -4.35. The summed E-state index contributed by atoms with van der Waals surface area (Å²) in [6, 6.07) is 15.6. The second-order valence-electron chi connectivity index (χ2n) is 13.8. The van der Waals surface area contributed by atoms with E-state index >= 15 is 9.59 Å². The van der Waals surface area contributed by atoms with E-state index in [-0.39, 0.29) is 43.5 Å². The minimum atomic E-state index is -1.25. The third kappa shape index (κ3) is 5.66. The molecule has 3 saturated heterocycles. The van der Waals surface area contributed by atoms with Crippen LogP contribution >= 0.6 is 0 Å². The number of hydrogen-bond donors (Lipinski definition) is 1. The van der Waals surface area contributed by atoms with E-state index < -0.39 is 35.1 Å². The van der Waals surface area contributed by atoms with Crippen LogP contribution in [-0.2, 0) is 32.3 Å². The molecule has 3 aliphatic rings.